The number of aryl methyl sites for hydroxylation is 1. The van der Waals surface area contributed by atoms with Crippen LogP contribution in [0.15, 0.2) is 49.1 Å². The van der Waals surface area contributed by atoms with E-state index in [4.69, 9.17) is 0 Å². The highest BCUT2D eigenvalue weighted by atomic mass is 19.4. The van der Waals surface area contributed by atoms with Crippen LogP contribution in [0, 0.1) is 0 Å². The van der Waals surface area contributed by atoms with Crippen molar-refractivity contribution in [2.24, 2.45) is 0 Å². The summed E-state index contributed by atoms with van der Waals surface area (Å²) in [6, 6.07) is 9.67. The Labute approximate surface area is 195 Å². The number of aromatic amines is 1. The number of aromatic nitrogens is 6. The molecule has 4 aromatic rings. The fourth-order valence-corrected chi connectivity index (χ4v) is 4.91. The molecule has 5 rings (SSSR count). The van der Waals surface area contributed by atoms with Gasteiger partial charge in [0.25, 0.3) is 0 Å². The predicted molar refractivity (Wildman–Crippen MR) is 122 cm³/mol. The van der Waals surface area contributed by atoms with Crippen molar-refractivity contribution in [3.05, 3.63) is 71.4 Å². The Balaban J connectivity index is 1.42. The molecule has 0 bridgehead atoms. The predicted octanol–water partition coefficient (Wildman–Crippen LogP) is 5.99. The van der Waals surface area contributed by atoms with E-state index in [-0.39, 0.29) is 11.3 Å². The van der Waals surface area contributed by atoms with Crippen molar-refractivity contribution in [3.8, 4) is 22.6 Å². The van der Waals surface area contributed by atoms with Crippen molar-refractivity contribution in [1.82, 2.24) is 29.9 Å². The van der Waals surface area contributed by atoms with Crippen LogP contribution in [-0.2, 0) is 19.1 Å². The van der Waals surface area contributed by atoms with Crippen molar-refractivity contribution in [3.63, 3.8) is 0 Å². The van der Waals surface area contributed by atoms with Crippen LogP contribution in [0.5, 0.6) is 0 Å². The van der Waals surface area contributed by atoms with Crippen LogP contribution in [0.25, 0.3) is 22.6 Å². The first-order chi connectivity index (χ1) is 16.3. The number of halogens is 3. The zero-order chi connectivity index (χ0) is 23.9. The molecule has 0 unspecified atom stereocenters. The van der Waals surface area contributed by atoms with Crippen LogP contribution >= 0.6 is 0 Å². The van der Waals surface area contributed by atoms with Gasteiger partial charge in [0, 0.05) is 30.4 Å². The maximum absolute atomic E-state index is 13.2. The number of hydrogen-bond acceptors (Lipinski definition) is 4. The molecule has 3 heterocycles. The van der Waals surface area contributed by atoms with E-state index in [9.17, 15) is 13.2 Å². The van der Waals surface area contributed by atoms with Gasteiger partial charge in [-0.25, -0.2) is 4.98 Å². The number of pyridine rings is 1. The van der Waals surface area contributed by atoms with Crippen LogP contribution in [-0.4, -0.2) is 29.9 Å². The first-order valence-corrected chi connectivity index (χ1v) is 11.4. The Kier molecular flexibility index (Phi) is 5.71. The first-order valence-electron chi connectivity index (χ1n) is 11.4. The third-order valence-electron chi connectivity index (χ3n) is 6.44. The lowest BCUT2D eigenvalue weighted by Crippen LogP contribution is -2.17. The number of benzene rings is 1. The number of nitrogens with one attached hydrogen (secondary N) is 1. The number of rotatable bonds is 5. The van der Waals surface area contributed by atoms with Gasteiger partial charge in [0.2, 0.25) is 0 Å². The minimum Gasteiger partial charge on any atom is -0.336 e. The molecule has 0 spiro atoms. The Morgan fingerprint density at radius 3 is 2.76 bits per heavy atom. The zero-order valence-corrected chi connectivity index (χ0v) is 19.0. The fraction of sp³-hybridized carbons (Fsp3) is 0.360. The van der Waals surface area contributed by atoms with E-state index in [2.05, 4.69) is 62.0 Å². The average molecular weight is 467 g/mol. The summed E-state index contributed by atoms with van der Waals surface area (Å²) in [7, 11) is 0. The molecule has 3 aromatic heterocycles. The van der Waals surface area contributed by atoms with Gasteiger partial charge in [0.05, 0.1) is 12.0 Å². The van der Waals surface area contributed by atoms with E-state index in [1.165, 1.54) is 29.0 Å². The number of alkyl halides is 3. The summed E-state index contributed by atoms with van der Waals surface area (Å²) in [5, 5.41) is 9.05. The van der Waals surface area contributed by atoms with Gasteiger partial charge < -0.3 is 4.57 Å². The average Bonchev–Trinajstić information content (AvgIpc) is 3.49. The summed E-state index contributed by atoms with van der Waals surface area (Å²) in [4.78, 5) is 8.82. The lowest BCUT2D eigenvalue weighted by Gasteiger charge is -2.29. The molecule has 1 N–H and O–H groups in total. The molecule has 1 atom stereocenters. The summed E-state index contributed by atoms with van der Waals surface area (Å²) < 4.78 is 41.8. The Morgan fingerprint density at radius 2 is 1.97 bits per heavy atom. The zero-order valence-electron chi connectivity index (χ0n) is 19.0. The molecular weight excluding hydrogens is 441 g/mol. The Morgan fingerprint density at radius 1 is 1.12 bits per heavy atom. The van der Waals surface area contributed by atoms with Crippen LogP contribution in [0.1, 0.15) is 60.9 Å². The molecule has 1 aliphatic carbocycles. The molecule has 0 saturated heterocycles. The number of hydrogen-bond donors (Lipinski definition) is 1. The SMILES string of the molecule is CC(C)c1cccc2c1[C@H](Cn1cnc(-c3cc(-c4n[nH]nc4C(F)(F)F)ccn3)c1)CCC2. The van der Waals surface area contributed by atoms with Gasteiger partial charge in [-0.1, -0.05) is 32.0 Å². The Bertz CT molecular complexity index is 1300. The van der Waals surface area contributed by atoms with Crippen molar-refractivity contribution in [2.75, 3.05) is 0 Å². The third-order valence-corrected chi connectivity index (χ3v) is 6.44. The molecule has 0 aliphatic heterocycles. The second-order valence-corrected chi connectivity index (χ2v) is 9.07. The van der Waals surface area contributed by atoms with Crippen molar-refractivity contribution >= 4 is 0 Å². The van der Waals surface area contributed by atoms with Gasteiger partial charge in [0.1, 0.15) is 11.4 Å². The Hall–Kier alpha value is -3.49. The summed E-state index contributed by atoms with van der Waals surface area (Å²) in [5.74, 6) is 0.854. The van der Waals surface area contributed by atoms with E-state index in [0.29, 0.717) is 23.2 Å². The van der Waals surface area contributed by atoms with Crippen molar-refractivity contribution in [2.45, 2.75) is 57.7 Å². The number of H-pyrrole nitrogens is 1. The minimum absolute atomic E-state index is 0.254. The first kappa shape index (κ1) is 22.3. The smallest absolute Gasteiger partial charge is 0.336 e. The molecule has 0 saturated carbocycles. The van der Waals surface area contributed by atoms with Crippen molar-refractivity contribution < 1.29 is 13.2 Å². The maximum atomic E-state index is 13.2. The summed E-state index contributed by atoms with van der Waals surface area (Å²) in [6.45, 7) is 5.26. The molecule has 9 heteroatoms. The normalized spacial score (nSPS) is 16.1. The molecule has 176 valence electrons. The molecule has 6 nitrogen and oxygen atoms in total. The van der Waals surface area contributed by atoms with E-state index in [1.54, 1.807) is 12.4 Å². The number of imidazole rings is 1. The van der Waals surface area contributed by atoms with Gasteiger partial charge >= 0.3 is 6.18 Å². The van der Waals surface area contributed by atoms with Crippen LogP contribution in [0.3, 0.4) is 0 Å². The standard InChI is InChI=1S/C25H25F3N6/c1-15(2)19-8-4-6-16-5-3-7-18(22(16)19)12-34-13-21(30-14-34)20-11-17(9-10-29-20)23-24(25(26,27)28)32-33-31-23/h4,6,8-11,13-15,18H,3,5,7,12H2,1-2H3,(H,31,32,33)/t18-/m0/s1. The fourth-order valence-electron chi connectivity index (χ4n) is 4.91. The lowest BCUT2D eigenvalue weighted by molar-refractivity contribution is -0.140. The number of nitrogens with zero attached hydrogens (tertiary/aromatic N) is 5. The minimum atomic E-state index is -4.60. The highest BCUT2D eigenvalue weighted by molar-refractivity contribution is 5.67. The summed E-state index contributed by atoms with van der Waals surface area (Å²) >= 11 is 0. The molecule has 1 aliphatic rings. The molecule has 34 heavy (non-hydrogen) atoms. The number of fused-ring (bicyclic) bond motifs is 1. The van der Waals surface area contributed by atoms with E-state index < -0.39 is 11.9 Å². The summed E-state index contributed by atoms with van der Waals surface area (Å²) in [6.07, 6.45) is 3.93. The van der Waals surface area contributed by atoms with Crippen LogP contribution in [0.2, 0.25) is 0 Å². The molecule has 1 aromatic carbocycles. The van der Waals surface area contributed by atoms with Crippen LogP contribution in [0.4, 0.5) is 13.2 Å². The van der Waals surface area contributed by atoms with Gasteiger partial charge in [-0.15, -0.1) is 0 Å². The highest BCUT2D eigenvalue weighted by Gasteiger charge is 2.38. The topological polar surface area (TPSA) is 72.3 Å². The second kappa shape index (κ2) is 8.70. The van der Waals surface area contributed by atoms with Crippen LogP contribution < -0.4 is 0 Å². The molecule has 0 radical (unpaired) electrons. The van der Waals surface area contributed by atoms with E-state index >= 15 is 0 Å². The highest BCUT2D eigenvalue weighted by Crippen LogP contribution is 2.38. The summed E-state index contributed by atoms with van der Waals surface area (Å²) in [5.41, 5.74) is 4.37. The molecule has 0 fully saturated rings. The second-order valence-electron chi connectivity index (χ2n) is 9.07. The lowest BCUT2D eigenvalue weighted by atomic mass is 9.78. The van der Waals surface area contributed by atoms with Gasteiger partial charge in [-0.05, 0) is 54.0 Å². The molecular formula is C25H25F3N6. The largest absolute Gasteiger partial charge is 0.437 e. The van der Waals surface area contributed by atoms with Gasteiger partial charge in [-0.2, -0.15) is 28.6 Å². The van der Waals surface area contributed by atoms with Crippen molar-refractivity contribution in [1.29, 1.82) is 0 Å². The monoisotopic (exact) mass is 466 g/mol. The quantitative estimate of drug-likeness (QED) is 0.392. The molecule has 0 amide bonds. The van der Waals surface area contributed by atoms with E-state index in [1.807, 2.05) is 6.20 Å². The third kappa shape index (κ3) is 4.22. The van der Waals surface area contributed by atoms with E-state index in [0.717, 1.165) is 25.8 Å². The maximum Gasteiger partial charge on any atom is 0.437 e. The van der Waals surface area contributed by atoms with Gasteiger partial charge in [-0.3, -0.25) is 4.98 Å². The van der Waals surface area contributed by atoms with Gasteiger partial charge in [0.15, 0.2) is 5.69 Å².